The second-order valence-electron chi connectivity index (χ2n) is 4.00. The SMILES string of the molecule is CC[C@H](N)c1ccc(OCc2ccsc2)cc1. The van der Waals surface area contributed by atoms with Crippen LogP contribution in [0.2, 0.25) is 0 Å². The van der Waals surface area contributed by atoms with Crippen LogP contribution in [0.15, 0.2) is 41.1 Å². The highest BCUT2D eigenvalue weighted by atomic mass is 32.1. The lowest BCUT2D eigenvalue weighted by atomic mass is 10.1. The molecule has 0 aliphatic rings. The summed E-state index contributed by atoms with van der Waals surface area (Å²) in [6, 6.07) is 10.2. The maximum atomic E-state index is 5.96. The molecule has 0 unspecified atom stereocenters. The van der Waals surface area contributed by atoms with Gasteiger partial charge in [-0.05, 0) is 46.5 Å². The summed E-state index contributed by atoms with van der Waals surface area (Å²) in [5, 5.41) is 4.16. The van der Waals surface area contributed by atoms with Crippen molar-refractivity contribution in [1.82, 2.24) is 0 Å². The van der Waals surface area contributed by atoms with Crippen molar-refractivity contribution in [3.05, 3.63) is 52.2 Å². The zero-order chi connectivity index (χ0) is 12.1. The molecule has 0 radical (unpaired) electrons. The first-order chi connectivity index (χ1) is 8.29. The van der Waals surface area contributed by atoms with E-state index < -0.39 is 0 Å². The quantitative estimate of drug-likeness (QED) is 0.873. The van der Waals surface area contributed by atoms with Crippen LogP contribution < -0.4 is 10.5 Å². The fourth-order valence-corrected chi connectivity index (χ4v) is 2.24. The second kappa shape index (κ2) is 5.84. The molecule has 1 atom stereocenters. The van der Waals surface area contributed by atoms with Gasteiger partial charge in [-0.1, -0.05) is 19.1 Å². The van der Waals surface area contributed by atoms with Gasteiger partial charge >= 0.3 is 0 Å². The van der Waals surface area contributed by atoms with Crippen LogP contribution >= 0.6 is 11.3 Å². The molecule has 2 aromatic rings. The molecule has 2 rings (SSSR count). The van der Waals surface area contributed by atoms with Crippen LogP contribution in [0.4, 0.5) is 0 Å². The number of ether oxygens (including phenoxy) is 1. The van der Waals surface area contributed by atoms with Crippen molar-refractivity contribution >= 4 is 11.3 Å². The van der Waals surface area contributed by atoms with Crippen LogP contribution in [0.25, 0.3) is 0 Å². The van der Waals surface area contributed by atoms with E-state index in [0.29, 0.717) is 6.61 Å². The Morgan fingerprint density at radius 2 is 2.00 bits per heavy atom. The van der Waals surface area contributed by atoms with Gasteiger partial charge in [-0.3, -0.25) is 0 Å². The van der Waals surface area contributed by atoms with Crippen molar-refractivity contribution in [2.75, 3.05) is 0 Å². The number of hydrogen-bond acceptors (Lipinski definition) is 3. The monoisotopic (exact) mass is 247 g/mol. The zero-order valence-corrected chi connectivity index (χ0v) is 10.7. The molecule has 90 valence electrons. The van der Waals surface area contributed by atoms with Crippen molar-refractivity contribution in [3.63, 3.8) is 0 Å². The third-order valence-corrected chi connectivity index (χ3v) is 3.47. The van der Waals surface area contributed by atoms with E-state index in [2.05, 4.69) is 23.8 Å². The lowest BCUT2D eigenvalue weighted by Crippen LogP contribution is -2.08. The molecule has 1 aromatic heterocycles. The maximum absolute atomic E-state index is 5.96. The molecule has 0 saturated heterocycles. The van der Waals surface area contributed by atoms with Gasteiger partial charge in [0.1, 0.15) is 12.4 Å². The smallest absolute Gasteiger partial charge is 0.119 e. The minimum atomic E-state index is 0.126. The number of benzene rings is 1. The van der Waals surface area contributed by atoms with Crippen molar-refractivity contribution in [1.29, 1.82) is 0 Å². The maximum Gasteiger partial charge on any atom is 0.119 e. The van der Waals surface area contributed by atoms with E-state index in [9.17, 15) is 0 Å². The minimum Gasteiger partial charge on any atom is -0.489 e. The lowest BCUT2D eigenvalue weighted by Gasteiger charge is -2.10. The summed E-state index contributed by atoms with van der Waals surface area (Å²) in [5.74, 6) is 0.892. The van der Waals surface area contributed by atoms with Crippen LogP contribution in [-0.4, -0.2) is 0 Å². The Kier molecular flexibility index (Phi) is 4.18. The van der Waals surface area contributed by atoms with E-state index >= 15 is 0 Å². The molecular weight excluding hydrogens is 230 g/mol. The molecule has 0 spiro atoms. The minimum absolute atomic E-state index is 0.126. The summed E-state index contributed by atoms with van der Waals surface area (Å²) in [5.41, 5.74) is 8.33. The summed E-state index contributed by atoms with van der Waals surface area (Å²) in [4.78, 5) is 0. The van der Waals surface area contributed by atoms with E-state index in [4.69, 9.17) is 10.5 Å². The molecule has 0 aliphatic carbocycles. The van der Waals surface area contributed by atoms with Gasteiger partial charge in [0, 0.05) is 6.04 Å². The number of hydrogen-bond donors (Lipinski definition) is 1. The Morgan fingerprint density at radius 3 is 2.59 bits per heavy atom. The van der Waals surface area contributed by atoms with Crippen LogP contribution in [0.1, 0.15) is 30.5 Å². The fourth-order valence-electron chi connectivity index (χ4n) is 1.59. The van der Waals surface area contributed by atoms with Gasteiger partial charge in [0.05, 0.1) is 0 Å². The summed E-state index contributed by atoms with van der Waals surface area (Å²) in [6.07, 6.45) is 0.953. The standard InChI is InChI=1S/C14H17NOS/c1-2-14(15)12-3-5-13(6-4-12)16-9-11-7-8-17-10-11/h3-8,10,14H,2,9,15H2,1H3/t14-/m0/s1. The van der Waals surface area contributed by atoms with Crippen LogP contribution in [0.3, 0.4) is 0 Å². The molecule has 0 amide bonds. The van der Waals surface area contributed by atoms with Gasteiger partial charge in [-0.25, -0.2) is 0 Å². The molecule has 2 N–H and O–H groups in total. The van der Waals surface area contributed by atoms with Crippen molar-refractivity contribution in [3.8, 4) is 5.75 Å². The Labute approximate surface area is 106 Å². The average molecular weight is 247 g/mol. The summed E-state index contributed by atoms with van der Waals surface area (Å²) >= 11 is 1.69. The predicted molar refractivity (Wildman–Crippen MR) is 72.3 cm³/mol. The van der Waals surface area contributed by atoms with Crippen LogP contribution in [0, 0.1) is 0 Å². The Hall–Kier alpha value is -1.32. The van der Waals surface area contributed by atoms with Gasteiger partial charge in [-0.2, -0.15) is 11.3 Å². The van der Waals surface area contributed by atoms with E-state index in [0.717, 1.165) is 17.7 Å². The van der Waals surface area contributed by atoms with Crippen molar-refractivity contribution in [2.45, 2.75) is 26.0 Å². The normalized spacial score (nSPS) is 12.4. The molecule has 0 saturated carbocycles. The lowest BCUT2D eigenvalue weighted by molar-refractivity contribution is 0.306. The van der Waals surface area contributed by atoms with Gasteiger partial charge < -0.3 is 10.5 Å². The van der Waals surface area contributed by atoms with Crippen molar-refractivity contribution in [2.24, 2.45) is 5.73 Å². The van der Waals surface area contributed by atoms with E-state index in [1.165, 1.54) is 5.56 Å². The van der Waals surface area contributed by atoms with Crippen molar-refractivity contribution < 1.29 is 4.74 Å². The van der Waals surface area contributed by atoms with Crippen LogP contribution in [0.5, 0.6) is 5.75 Å². The Morgan fingerprint density at radius 1 is 1.24 bits per heavy atom. The molecular formula is C14H17NOS. The summed E-state index contributed by atoms with van der Waals surface area (Å²) in [6.45, 7) is 2.72. The predicted octanol–water partition coefficient (Wildman–Crippen LogP) is 3.74. The van der Waals surface area contributed by atoms with Gasteiger partial charge in [0.25, 0.3) is 0 Å². The van der Waals surface area contributed by atoms with Gasteiger partial charge in [-0.15, -0.1) is 0 Å². The number of rotatable bonds is 5. The van der Waals surface area contributed by atoms with Gasteiger partial charge in [0.2, 0.25) is 0 Å². The Balaban J connectivity index is 1.94. The van der Waals surface area contributed by atoms with E-state index in [-0.39, 0.29) is 6.04 Å². The third-order valence-electron chi connectivity index (χ3n) is 2.73. The fraction of sp³-hybridized carbons (Fsp3) is 0.286. The number of thiophene rings is 1. The molecule has 0 aliphatic heterocycles. The van der Waals surface area contributed by atoms with Crippen LogP contribution in [-0.2, 0) is 6.61 Å². The highest BCUT2D eigenvalue weighted by Gasteiger charge is 2.03. The third kappa shape index (κ3) is 3.32. The van der Waals surface area contributed by atoms with Gasteiger partial charge in [0.15, 0.2) is 0 Å². The molecule has 2 nitrogen and oxygen atoms in total. The number of nitrogens with two attached hydrogens (primary N) is 1. The highest BCUT2D eigenvalue weighted by molar-refractivity contribution is 7.07. The second-order valence-corrected chi connectivity index (χ2v) is 4.78. The Bertz CT molecular complexity index is 436. The average Bonchev–Trinajstić information content (AvgIpc) is 2.89. The molecule has 17 heavy (non-hydrogen) atoms. The summed E-state index contributed by atoms with van der Waals surface area (Å²) < 4.78 is 5.68. The highest BCUT2D eigenvalue weighted by Crippen LogP contribution is 2.19. The van der Waals surface area contributed by atoms with E-state index in [1.54, 1.807) is 11.3 Å². The topological polar surface area (TPSA) is 35.2 Å². The first kappa shape index (κ1) is 12.1. The first-order valence-corrected chi connectivity index (χ1v) is 6.73. The largest absolute Gasteiger partial charge is 0.489 e. The first-order valence-electron chi connectivity index (χ1n) is 5.79. The molecule has 1 heterocycles. The zero-order valence-electron chi connectivity index (χ0n) is 9.93. The van der Waals surface area contributed by atoms with E-state index in [1.807, 2.05) is 24.3 Å². The molecule has 0 bridgehead atoms. The summed E-state index contributed by atoms with van der Waals surface area (Å²) in [7, 11) is 0. The molecule has 3 heteroatoms. The molecule has 1 aromatic carbocycles. The molecule has 0 fully saturated rings.